The molecule has 1 fully saturated rings. The summed E-state index contributed by atoms with van der Waals surface area (Å²) < 4.78 is 6.27. The highest BCUT2D eigenvalue weighted by molar-refractivity contribution is 6.39. The molecule has 3 aromatic carbocycles. The molecule has 0 aliphatic heterocycles. The van der Waals surface area contributed by atoms with E-state index in [1.165, 1.54) is 40.3 Å². The fraction of sp³-hybridized carbons (Fsp3) is 0.167. The van der Waals surface area contributed by atoms with Crippen LogP contribution in [0.15, 0.2) is 64.6 Å². The van der Waals surface area contributed by atoms with Gasteiger partial charge in [-0.3, -0.25) is 0 Å². The summed E-state index contributed by atoms with van der Waals surface area (Å²) in [4.78, 5) is 0. The van der Waals surface area contributed by atoms with E-state index in [-0.39, 0.29) is 0 Å². The minimum atomic E-state index is 0.726. The summed E-state index contributed by atoms with van der Waals surface area (Å²) in [6.45, 7) is 0. The molecule has 0 spiro atoms. The third kappa shape index (κ3) is 1.93. The summed E-state index contributed by atoms with van der Waals surface area (Å²) in [6, 6.07) is 19.1. The van der Waals surface area contributed by atoms with Crippen molar-refractivity contribution in [3.8, 4) is 11.1 Å². The van der Waals surface area contributed by atoms with E-state index in [1.807, 2.05) is 12.1 Å². The van der Waals surface area contributed by atoms with Crippen molar-refractivity contribution in [3.63, 3.8) is 0 Å². The highest BCUT2D eigenvalue weighted by atomic mass is 16.3. The number of allylic oxidation sites excluding steroid dienone is 1. The van der Waals surface area contributed by atoms with E-state index >= 15 is 0 Å². The fourth-order valence-corrected chi connectivity index (χ4v) is 4.57. The Bertz CT molecular complexity index is 1230. The molecular formula is C24H17BO. The van der Waals surface area contributed by atoms with Crippen LogP contribution in [0.2, 0.25) is 0 Å². The lowest BCUT2D eigenvalue weighted by Crippen LogP contribution is -2.20. The molecule has 6 rings (SSSR count). The highest BCUT2D eigenvalue weighted by Gasteiger charge is 2.31. The van der Waals surface area contributed by atoms with Gasteiger partial charge in [-0.05, 0) is 52.8 Å². The average molecular weight is 332 g/mol. The van der Waals surface area contributed by atoms with Gasteiger partial charge in [-0.1, -0.05) is 59.6 Å². The number of benzene rings is 3. The van der Waals surface area contributed by atoms with Crippen molar-refractivity contribution >= 4 is 41.1 Å². The third-order valence-corrected chi connectivity index (χ3v) is 6.14. The maximum absolute atomic E-state index is 6.27. The quantitative estimate of drug-likeness (QED) is 0.426. The first kappa shape index (κ1) is 14.4. The average Bonchev–Trinajstić information content (AvgIpc) is 3.00. The molecule has 4 aromatic rings. The summed E-state index contributed by atoms with van der Waals surface area (Å²) in [5, 5.41) is 3.52. The van der Waals surface area contributed by atoms with E-state index in [0.717, 1.165) is 34.5 Å². The van der Waals surface area contributed by atoms with E-state index in [0.29, 0.717) is 0 Å². The first-order chi connectivity index (χ1) is 12.8. The van der Waals surface area contributed by atoms with Crippen LogP contribution >= 0.6 is 0 Å². The van der Waals surface area contributed by atoms with Crippen molar-refractivity contribution < 1.29 is 4.42 Å². The van der Waals surface area contributed by atoms with Crippen LogP contribution in [0.25, 0.3) is 38.9 Å². The maximum Gasteiger partial charge on any atom is 0.135 e. The molecule has 26 heavy (non-hydrogen) atoms. The van der Waals surface area contributed by atoms with Crippen molar-refractivity contribution in [2.45, 2.75) is 19.3 Å². The van der Waals surface area contributed by atoms with Crippen LogP contribution in [0.1, 0.15) is 24.2 Å². The van der Waals surface area contributed by atoms with Crippen molar-refractivity contribution in [1.29, 1.82) is 0 Å². The smallest absolute Gasteiger partial charge is 0.135 e. The number of rotatable bonds is 1. The SMILES string of the molecule is [B]c1ccc(-c2ccc3c4c(oc3c2)CC2CCC2=C4)c2ccccc12. The van der Waals surface area contributed by atoms with Crippen LogP contribution in [0.3, 0.4) is 0 Å². The van der Waals surface area contributed by atoms with E-state index in [1.54, 1.807) is 5.57 Å². The van der Waals surface area contributed by atoms with Gasteiger partial charge in [0.25, 0.3) is 0 Å². The molecule has 1 aromatic heterocycles. The molecule has 0 bridgehead atoms. The van der Waals surface area contributed by atoms with E-state index in [9.17, 15) is 0 Å². The van der Waals surface area contributed by atoms with Gasteiger partial charge in [0, 0.05) is 17.4 Å². The number of hydrogen-bond acceptors (Lipinski definition) is 1. The number of furan rings is 1. The maximum atomic E-state index is 6.27. The molecule has 0 N–H and O–H groups in total. The van der Waals surface area contributed by atoms with E-state index in [2.05, 4.69) is 48.5 Å². The molecule has 1 nitrogen and oxygen atoms in total. The molecule has 1 heterocycles. The first-order valence-corrected chi connectivity index (χ1v) is 9.31. The van der Waals surface area contributed by atoms with Gasteiger partial charge in [-0.15, -0.1) is 0 Å². The van der Waals surface area contributed by atoms with Gasteiger partial charge in [-0.2, -0.15) is 0 Å². The summed E-state index contributed by atoms with van der Waals surface area (Å²) in [5.74, 6) is 1.89. The lowest BCUT2D eigenvalue weighted by Gasteiger charge is -2.32. The topological polar surface area (TPSA) is 13.1 Å². The molecule has 1 saturated carbocycles. The van der Waals surface area contributed by atoms with Crippen molar-refractivity contribution in [1.82, 2.24) is 0 Å². The molecule has 2 aliphatic carbocycles. The van der Waals surface area contributed by atoms with Crippen LogP contribution in [-0.2, 0) is 6.42 Å². The van der Waals surface area contributed by atoms with Gasteiger partial charge in [0.2, 0.25) is 0 Å². The summed E-state index contributed by atoms with van der Waals surface area (Å²) in [6.07, 6.45) is 6.00. The van der Waals surface area contributed by atoms with Crippen molar-refractivity contribution in [3.05, 3.63) is 71.5 Å². The van der Waals surface area contributed by atoms with Crippen molar-refractivity contribution in [2.24, 2.45) is 5.92 Å². The Kier molecular flexibility index (Phi) is 2.85. The normalized spacial score (nSPS) is 18.3. The summed E-state index contributed by atoms with van der Waals surface area (Å²) in [7, 11) is 6.17. The zero-order chi connectivity index (χ0) is 17.3. The van der Waals surface area contributed by atoms with Crippen LogP contribution in [0.5, 0.6) is 0 Å². The molecule has 2 aliphatic rings. The molecule has 1 unspecified atom stereocenters. The number of hydrogen-bond donors (Lipinski definition) is 0. The number of fused-ring (bicyclic) bond motifs is 5. The summed E-state index contributed by atoms with van der Waals surface area (Å²) >= 11 is 0. The first-order valence-electron chi connectivity index (χ1n) is 9.31. The van der Waals surface area contributed by atoms with Crippen LogP contribution in [-0.4, -0.2) is 7.85 Å². The molecule has 1 atom stereocenters. The van der Waals surface area contributed by atoms with Gasteiger partial charge in [0.15, 0.2) is 0 Å². The van der Waals surface area contributed by atoms with Gasteiger partial charge in [0.1, 0.15) is 19.2 Å². The Labute approximate surface area is 153 Å². The second-order valence-corrected chi connectivity index (χ2v) is 7.56. The predicted octanol–water partition coefficient (Wildman–Crippen LogP) is 5.40. The second-order valence-electron chi connectivity index (χ2n) is 7.56. The van der Waals surface area contributed by atoms with Crippen LogP contribution < -0.4 is 5.46 Å². The standard InChI is InChI=1S/C24H17BO/c25-22-10-9-17(18-3-1-2-4-19(18)22)16-7-8-20-21-11-14-5-6-15(14)12-24(21)26-23(20)13-16/h1-4,7-11,13,15H,5-6,12H2. The largest absolute Gasteiger partial charge is 0.460 e. The van der Waals surface area contributed by atoms with Gasteiger partial charge < -0.3 is 4.42 Å². The zero-order valence-electron chi connectivity index (χ0n) is 14.5. The van der Waals surface area contributed by atoms with Crippen LogP contribution in [0.4, 0.5) is 0 Å². The zero-order valence-corrected chi connectivity index (χ0v) is 14.5. The second kappa shape index (κ2) is 5.14. The Balaban J connectivity index is 1.56. The summed E-state index contributed by atoms with van der Waals surface area (Å²) in [5.41, 5.74) is 7.10. The molecule has 2 radical (unpaired) electrons. The molecule has 2 heteroatoms. The van der Waals surface area contributed by atoms with Gasteiger partial charge in [0.05, 0.1) is 0 Å². The fourth-order valence-electron chi connectivity index (χ4n) is 4.57. The minimum Gasteiger partial charge on any atom is -0.460 e. The highest BCUT2D eigenvalue weighted by Crippen LogP contribution is 2.45. The van der Waals surface area contributed by atoms with Crippen molar-refractivity contribution in [2.75, 3.05) is 0 Å². The Hall–Kier alpha value is -2.74. The van der Waals surface area contributed by atoms with E-state index in [4.69, 9.17) is 12.3 Å². The lowest BCUT2D eigenvalue weighted by atomic mass is 9.72. The molecule has 0 amide bonds. The van der Waals surface area contributed by atoms with Gasteiger partial charge in [-0.25, -0.2) is 0 Å². The molecular weight excluding hydrogens is 315 g/mol. The Morgan fingerprint density at radius 2 is 1.81 bits per heavy atom. The minimum absolute atomic E-state index is 0.726. The molecule has 0 saturated heterocycles. The monoisotopic (exact) mass is 332 g/mol. The van der Waals surface area contributed by atoms with E-state index < -0.39 is 0 Å². The Morgan fingerprint density at radius 1 is 0.923 bits per heavy atom. The van der Waals surface area contributed by atoms with Crippen LogP contribution in [0, 0.1) is 5.92 Å². The lowest BCUT2D eigenvalue weighted by molar-refractivity contribution is 0.398. The third-order valence-electron chi connectivity index (χ3n) is 6.14. The molecule has 122 valence electrons. The Morgan fingerprint density at radius 3 is 2.65 bits per heavy atom. The predicted molar refractivity (Wildman–Crippen MR) is 109 cm³/mol. The van der Waals surface area contributed by atoms with Gasteiger partial charge >= 0.3 is 0 Å².